The Bertz CT molecular complexity index is 555. The molecule has 2 aromatic rings. The summed E-state index contributed by atoms with van der Waals surface area (Å²) < 4.78 is 4.78. The molecule has 0 amide bonds. The van der Waals surface area contributed by atoms with Crippen LogP contribution in [0.2, 0.25) is 5.15 Å². The third-order valence-electron chi connectivity index (χ3n) is 2.62. The molecule has 1 aromatic heterocycles. The van der Waals surface area contributed by atoms with Crippen LogP contribution in [0.1, 0.15) is 13.8 Å². The highest BCUT2D eigenvalue weighted by atomic mass is 35.5. The SMILES string of the molecule is CCN(CC)c1ccc(N=c2ssnc2Cl)cc1. The number of anilines is 1. The first-order chi connectivity index (χ1) is 8.74. The van der Waals surface area contributed by atoms with Gasteiger partial charge in [0.25, 0.3) is 0 Å². The lowest BCUT2D eigenvalue weighted by molar-refractivity contribution is 0.866. The highest BCUT2D eigenvalue weighted by Crippen LogP contribution is 2.20. The molecule has 0 atom stereocenters. The van der Waals surface area contributed by atoms with Gasteiger partial charge in [-0.2, -0.15) is 4.37 Å². The number of halogens is 1. The zero-order valence-electron chi connectivity index (χ0n) is 10.3. The average Bonchev–Trinajstić information content (AvgIpc) is 2.79. The molecule has 0 saturated heterocycles. The van der Waals surface area contributed by atoms with Gasteiger partial charge in [0.1, 0.15) is 0 Å². The minimum atomic E-state index is 0.484. The fourth-order valence-electron chi connectivity index (χ4n) is 1.67. The molecule has 0 spiro atoms. The molecular formula is C12H14ClN3S2. The number of hydrogen-bond acceptors (Lipinski definition) is 5. The molecular weight excluding hydrogens is 286 g/mol. The van der Waals surface area contributed by atoms with Crippen molar-refractivity contribution in [3.8, 4) is 0 Å². The standard InChI is InChI=1S/C12H14ClN3S2/c1-3-16(4-2)10-7-5-9(6-8-10)14-12-11(13)15-18-17-12/h5-8H,3-4H2,1-2H3. The molecule has 1 aromatic carbocycles. The molecule has 0 aliphatic heterocycles. The van der Waals surface area contributed by atoms with Crippen molar-refractivity contribution in [2.45, 2.75) is 13.8 Å². The summed E-state index contributed by atoms with van der Waals surface area (Å²) >= 11 is 5.92. The molecule has 2 rings (SSSR count). The van der Waals surface area contributed by atoms with Crippen LogP contribution in [0.4, 0.5) is 11.4 Å². The van der Waals surface area contributed by atoms with Crippen molar-refractivity contribution in [2.24, 2.45) is 4.99 Å². The van der Waals surface area contributed by atoms with Gasteiger partial charge in [-0.3, -0.25) is 0 Å². The van der Waals surface area contributed by atoms with Gasteiger partial charge in [0, 0.05) is 29.3 Å². The Balaban J connectivity index is 2.26. The minimum Gasteiger partial charge on any atom is -0.372 e. The maximum Gasteiger partial charge on any atom is 0.179 e. The van der Waals surface area contributed by atoms with E-state index < -0.39 is 0 Å². The Labute approximate surface area is 119 Å². The van der Waals surface area contributed by atoms with Crippen LogP contribution < -0.4 is 9.57 Å². The molecule has 3 nitrogen and oxygen atoms in total. The van der Waals surface area contributed by atoms with Crippen LogP contribution in [0.5, 0.6) is 0 Å². The van der Waals surface area contributed by atoms with Crippen LogP contribution in [-0.4, -0.2) is 17.5 Å². The second-order valence-corrected chi connectivity index (χ2v) is 5.84. The van der Waals surface area contributed by atoms with Gasteiger partial charge in [-0.1, -0.05) is 11.6 Å². The van der Waals surface area contributed by atoms with Gasteiger partial charge in [-0.15, -0.1) is 0 Å². The fraction of sp³-hybridized carbons (Fsp3) is 0.333. The molecule has 0 aliphatic carbocycles. The van der Waals surface area contributed by atoms with Crippen LogP contribution in [0.25, 0.3) is 0 Å². The topological polar surface area (TPSA) is 28.5 Å². The number of benzene rings is 1. The molecule has 0 aliphatic rings. The lowest BCUT2D eigenvalue weighted by atomic mass is 10.2. The van der Waals surface area contributed by atoms with E-state index in [0.717, 1.165) is 23.4 Å². The largest absolute Gasteiger partial charge is 0.372 e. The van der Waals surface area contributed by atoms with Crippen LogP contribution in [-0.2, 0) is 0 Å². The third-order valence-corrected chi connectivity index (χ3v) is 4.79. The van der Waals surface area contributed by atoms with E-state index in [-0.39, 0.29) is 0 Å². The Kier molecular flexibility index (Phi) is 4.74. The van der Waals surface area contributed by atoms with Crippen LogP contribution in [0.15, 0.2) is 29.3 Å². The number of nitrogens with zero attached hydrogens (tertiary/aromatic N) is 3. The second-order valence-electron chi connectivity index (χ2n) is 3.65. The van der Waals surface area contributed by atoms with Crippen molar-refractivity contribution in [3.05, 3.63) is 34.1 Å². The first-order valence-corrected chi connectivity index (χ1v) is 8.24. The van der Waals surface area contributed by atoms with Crippen molar-refractivity contribution >= 4 is 43.9 Å². The van der Waals surface area contributed by atoms with Gasteiger partial charge in [-0.25, -0.2) is 4.99 Å². The number of hydrogen-bond donors (Lipinski definition) is 0. The number of aromatic nitrogens is 1. The van der Waals surface area contributed by atoms with Crippen molar-refractivity contribution < 1.29 is 0 Å². The first-order valence-electron chi connectivity index (χ1n) is 5.75. The Morgan fingerprint density at radius 3 is 2.39 bits per heavy atom. The molecule has 0 radical (unpaired) electrons. The zero-order chi connectivity index (χ0) is 13.0. The summed E-state index contributed by atoms with van der Waals surface area (Å²) in [5.41, 5.74) is 2.13. The van der Waals surface area contributed by atoms with E-state index in [1.807, 2.05) is 12.1 Å². The molecule has 18 heavy (non-hydrogen) atoms. The van der Waals surface area contributed by atoms with Gasteiger partial charge in [0.05, 0.1) is 5.69 Å². The summed E-state index contributed by atoms with van der Waals surface area (Å²) in [5.74, 6) is 0. The summed E-state index contributed by atoms with van der Waals surface area (Å²) in [6, 6.07) is 8.19. The molecule has 0 unspecified atom stereocenters. The summed E-state index contributed by atoms with van der Waals surface area (Å²) in [6.07, 6.45) is 0. The van der Waals surface area contributed by atoms with Crippen molar-refractivity contribution in [1.82, 2.24) is 4.37 Å². The van der Waals surface area contributed by atoms with Gasteiger partial charge in [-0.05, 0) is 48.5 Å². The lowest BCUT2D eigenvalue weighted by Gasteiger charge is -2.20. The Hall–Kier alpha value is -0.910. The van der Waals surface area contributed by atoms with Crippen molar-refractivity contribution in [1.29, 1.82) is 0 Å². The third kappa shape index (κ3) is 3.10. The zero-order valence-corrected chi connectivity index (χ0v) is 12.6. The lowest BCUT2D eigenvalue weighted by Crippen LogP contribution is -2.21. The van der Waals surface area contributed by atoms with E-state index in [1.165, 1.54) is 26.6 Å². The van der Waals surface area contributed by atoms with E-state index in [1.54, 1.807) is 0 Å². The monoisotopic (exact) mass is 299 g/mol. The van der Waals surface area contributed by atoms with Crippen LogP contribution >= 0.6 is 32.5 Å². The highest BCUT2D eigenvalue weighted by Gasteiger charge is 2.01. The van der Waals surface area contributed by atoms with E-state index in [0.29, 0.717) is 5.15 Å². The van der Waals surface area contributed by atoms with E-state index in [4.69, 9.17) is 11.6 Å². The maximum absolute atomic E-state index is 5.92. The molecule has 0 bridgehead atoms. The van der Waals surface area contributed by atoms with E-state index in [2.05, 4.69) is 40.2 Å². The minimum absolute atomic E-state index is 0.484. The predicted octanol–water partition coefficient (Wildman–Crippen LogP) is 3.94. The van der Waals surface area contributed by atoms with Gasteiger partial charge < -0.3 is 4.90 Å². The maximum atomic E-state index is 5.92. The molecule has 0 fully saturated rings. The van der Waals surface area contributed by atoms with E-state index >= 15 is 0 Å². The van der Waals surface area contributed by atoms with Gasteiger partial charge >= 0.3 is 0 Å². The molecule has 6 heteroatoms. The first kappa shape index (κ1) is 13.5. The molecule has 96 valence electrons. The van der Waals surface area contributed by atoms with Crippen molar-refractivity contribution in [3.63, 3.8) is 0 Å². The molecule has 0 N–H and O–H groups in total. The normalized spacial score (nSPS) is 11.8. The summed E-state index contributed by atoms with van der Waals surface area (Å²) in [5, 5.41) is 0.484. The van der Waals surface area contributed by atoms with Crippen molar-refractivity contribution in [2.75, 3.05) is 18.0 Å². The second kappa shape index (κ2) is 6.31. The molecule has 1 heterocycles. The average molecular weight is 300 g/mol. The van der Waals surface area contributed by atoms with Crippen LogP contribution in [0, 0.1) is 0 Å². The number of rotatable bonds is 4. The summed E-state index contributed by atoms with van der Waals surface area (Å²) in [4.78, 5) is 6.77. The summed E-state index contributed by atoms with van der Waals surface area (Å²) in [7, 11) is 2.84. The highest BCUT2D eigenvalue weighted by molar-refractivity contribution is 7.66. The van der Waals surface area contributed by atoms with Gasteiger partial charge in [0.15, 0.2) is 9.82 Å². The predicted molar refractivity (Wildman–Crippen MR) is 80.2 cm³/mol. The molecule has 0 saturated carbocycles. The van der Waals surface area contributed by atoms with E-state index in [9.17, 15) is 0 Å². The Morgan fingerprint density at radius 1 is 1.22 bits per heavy atom. The fourth-order valence-corrected chi connectivity index (χ4v) is 3.66. The quantitative estimate of drug-likeness (QED) is 0.800. The Morgan fingerprint density at radius 2 is 1.89 bits per heavy atom. The van der Waals surface area contributed by atoms with Gasteiger partial charge in [0.2, 0.25) is 0 Å². The summed E-state index contributed by atoms with van der Waals surface area (Å²) in [6.45, 7) is 6.32. The van der Waals surface area contributed by atoms with Crippen LogP contribution in [0.3, 0.4) is 0 Å². The smallest absolute Gasteiger partial charge is 0.179 e.